The van der Waals surface area contributed by atoms with Gasteiger partial charge in [-0.05, 0) is 35.7 Å². The number of hydrogen-bond acceptors (Lipinski definition) is 4. The predicted octanol–water partition coefficient (Wildman–Crippen LogP) is 4.49. The maximum absolute atomic E-state index is 12.5. The van der Waals surface area contributed by atoms with Crippen LogP contribution in [0.25, 0.3) is 10.2 Å². The predicted molar refractivity (Wildman–Crippen MR) is 88.3 cm³/mol. The second kappa shape index (κ2) is 5.95. The zero-order valence-electron chi connectivity index (χ0n) is 11.3. The number of fused-ring (bicyclic) bond motifs is 1. The van der Waals surface area contributed by atoms with Crippen molar-refractivity contribution in [1.29, 1.82) is 0 Å². The van der Waals surface area contributed by atoms with E-state index < -0.39 is 0 Å². The Kier molecular flexibility index (Phi) is 4.03. The molecule has 0 radical (unpaired) electrons. The largest absolute Gasteiger partial charge is 0.496 e. The molecular formula is C16H12BrNO2S. The van der Waals surface area contributed by atoms with Crippen molar-refractivity contribution < 1.29 is 9.53 Å². The van der Waals surface area contributed by atoms with Crippen molar-refractivity contribution >= 4 is 43.3 Å². The SMILES string of the molecule is COc1ccc(Br)cc1CC(=O)c1cnc2ccsc2c1. The molecule has 0 spiro atoms. The molecule has 0 N–H and O–H groups in total. The summed E-state index contributed by atoms with van der Waals surface area (Å²) in [7, 11) is 1.61. The summed E-state index contributed by atoms with van der Waals surface area (Å²) in [5.41, 5.74) is 2.42. The summed E-state index contributed by atoms with van der Waals surface area (Å²) < 4.78 is 7.27. The van der Waals surface area contributed by atoms with E-state index in [1.807, 2.05) is 35.7 Å². The lowest BCUT2D eigenvalue weighted by atomic mass is 10.0. The highest BCUT2D eigenvalue weighted by molar-refractivity contribution is 9.10. The fourth-order valence-electron chi connectivity index (χ4n) is 2.16. The van der Waals surface area contributed by atoms with Crippen molar-refractivity contribution in [3.8, 4) is 5.75 Å². The number of carbonyl (C=O) groups excluding carboxylic acids is 1. The summed E-state index contributed by atoms with van der Waals surface area (Å²) in [4.78, 5) is 16.8. The minimum absolute atomic E-state index is 0.0363. The van der Waals surface area contributed by atoms with Crippen LogP contribution < -0.4 is 4.74 Å². The lowest BCUT2D eigenvalue weighted by Gasteiger charge is -2.08. The first-order chi connectivity index (χ1) is 10.2. The maximum atomic E-state index is 12.5. The van der Waals surface area contributed by atoms with Crippen LogP contribution in [0.5, 0.6) is 5.75 Å². The van der Waals surface area contributed by atoms with Gasteiger partial charge in [0.1, 0.15) is 5.75 Å². The number of halogens is 1. The quantitative estimate of drug-likeness (QED) is 0.642. The molecule has 5 heteroatoms. The highest BCUT2D eigenvalue weighted by atomic mass is 79.9. The normalized spacial score (nSPS) is 10.8. The van der Waals surface area contributed by atoms with Gasteiger partial charge in [0, 0.05) is 28.2 Å². The summed E-state index contributed by atoms with van der Waals surface area (Å²) in [5.74, 6) is 0.755. The first-order valence-electron chi connectivity index (χ1n) is 6.36. The second-order valence-corrected chi connectivity index (χ2v) is 6.45. The monoisotopic (exact) mass is 361 g/mol. The van der Waals surface area contributed by atoms with E-state index >= 15 is 0 Å². The third-order valence-corrected chi connectivity index (χ3v) is 4.56. The van der Waals surface area contributed by atoms with Gasteiger partial charge in [-0.3, -0.25) is 9.78 Å². The van der Waals surface area contributed by atoms with Crippen LogP contribution >= 0.6 is 27.3 Å². The standard InChI is InChI=1S/C16H12BrNO2S/c1-20-15-3-2-12(17)6-10(15)7-14(19)11-8-16-13(18-9-11)4-5-21-16/h2-6,8-9H,7H2,1H3. The number of methoxy groups -OCH3 is 1. The molecule has 2 heterocycles. The average molecular weight is 362 g/mol. The number of aromatic nitrogens is 1. The Morgan fingerprint density at radius 2 is 2.19 bits per heavy atom. The molecule has 21 heavy (non-hydrogen) atoms. The van der Waals surface area contributed by atoms with E-state index in [-0.39, 0.29) is 5.78 Å². The van der Waals surface area contributed by atoms with E-state index in [1.54, 1.807) is 24.6 Å². The molecule has 106 valence electrons. The second-order valence-electron chi connectivity index (χ2n) is 4.58. The van der Waals surface area contributed by atoms with E-state index in [0.717, 1.165) is 26.0 Å². The molecule has 0 amide bonds. The molecule has 2 aromatic heterocycles. The third-order valence-electron chi connectivity index (χ3n) is 3.22. The summed E-state index contributed by atoms with van der Waals surface area (Å²) in [6.45, 7) is 0. The van der Waals surface area contributed by atoms with Gasteiger partial charge in [0.25, 0.3) is 0 Å². The molecule has 0 saturated carbocycles. The molecule has 0 saturated heterocycles. The van der Waals surface area contributed by atoms with E-state index in [2.05, 4.69) is 20.9 Å². The van der Waals surface area contributed by atoms with Crippen molar-refractivity contribution in [3.63, 3.8) is 0 Å². The average Bonchev–Trinajstić information content (AvgIpc) is 2.94. The van der Waals surface area contributed by atoms with Gasteiger partial charge in [0.05, 0.1) is 17.3 Å². The lowest BCUT2D eigenvalue weighted by Crippen LogP contribution is -2.05. The Labute approximate surface area is 134 Å². The molecule has 0 atom stereocenters. The van der Waals surface area contributed by atoms with Crippen molar-refractivity contribution in [2.24, 2.45) is 0 Å². The number of carbonyl (C=O) groups is 1. The van der Waals surface area contributed by atoms with E-state index in [4.69, 9.17) is 4.74 Å². The van der Waals surface area contributed by atoms with Crippen molar-refractivity contribution in [2.75, 3.05) is 7.11 Å². The molecule has 3 nitrogen and oxygen atoms in total. The Morgan fingerprint density at radius 1 is 1.33 bits per heavy atom. The van der Waals surface area contributed by atoms with Crippen LogP contribution in [0, 0.1) is 0 Å². The Balaban J connectivity index is 1.90. The number of hydrogen-bond donors (Lipinski definition) is 0. The first-order valence-corrected chi connectivity index (χ1v) is 8.03. The van der Waals surface area contributed by atoms with Gasteiger partial charge in [-0.2, -0.15) is 0 Å². The lowest BCUT2D eigenvalue weighted by molar-refractivity contribution is 0.0992. The van der Waals surface area contributed by atoms with Gasteiger partial charge >= 0.3 is 0 Å². The number of rotatable bonds is 4. The number of benzene rings is 1. The molecule has 3 aromatic rings. The zero-order chi connectivity index (χ0) is 14.8. The number of thiophene rings is 1. The summed E-state index contributed by atoms with van der Waals surface area (Å²) in [5, 5.41) is 1.98. The van der Waals surface area contributed by atoms with Crippen molar-refractivity contribution in [2.45, 2.75) is 6.42 Å². The molecule has 0 bridgehead atoms. The molecule has 3 rings (SSSR count). The molecule has 0 aliphatic rings. The summed E-state index contributed by atoms with van der Waals surface area (Å²) >= 11 is 5.01. The molecule has 0 fully saturated rings. The van der Waals surface area contributed by atoms with Crippen LogP contribution in [0.4, 0.5) is 0 Å². The highest BCUT2D eigenvalue weighted by Crippen LogP contribution is 2.25. The van der Waals surface area contributed by atoms with Crippen LogP contribution in [-0.2, 0) is 6.42 Å². The fourth-order valence-corrected chi connectivity index (χ4v) is 3.35. The first kappa shape index (κ1) is 14.2. The van der Waals surface area contributed by atoms with Crippen LogP contribution in [-0.4, -0.2) is 17.9 Å². The Bertz CT molecular complexity index is 813. The number of nitrogens with zero attached hydrogens (tertiary/aromatic N) is 1. The van der Waals surface area contributed by atoms with E-state index in [1.165, 1.54) is 0 Å². The zero-order valence-corrected chi connectivity index (χ0v) is 13.7. The number of Topliss-reactive ketones (excluding diaryl/α,β-unsaturated/α-hetero) is 1. The van der Waals surface area contributed by atoms with Gasteiger partial charge in [-0.25, -0.2) is 0 Å². The molecule has 1 aromatic carbocycles. The van der Waals surface area contributed by atoms with E-state index in [9.17, 15) is 4.79 Å². The molecular weight excluding hydrogens is 350 g/mol. The Hall–Kier alpha value is -1.72. The number of pyridine rings is 1. The maximum Gasteiger partial charge on any atom is 0.168 e. The highest BCUT2D eigenvalue weighted by Gasteiger charge is 2.13. The van der Waals surface area contributed by atoms with Crippen molar-refractivity contribution in [3.05, 3.63) is 57.5 Å². The fraction of sp³-hybridized carbons (Fsp3) is 0.125. The van der Waals surface area contributed by atoms with Crippen molar-refractivity contribution in [1.82, 2.24) is 4.98 Å². The van der Waals surface area contributed by atoms with Gasteiger partial charge in [-0.15, -0.1) is 11.3 Å². The smallest absolute Gasteiger partial charge is 0.168 e. The molecule has 0 aliphatic heterocycles. The van der Waals surface area contributed by atoms with Crippen LogP contribution in [0.3, 0.4) is 0 Å². The minimum Gasteiger partial charge on any atom is -0.496 e. The minimum atomic E-state index is 0.0363. The van der Waals surface area contributed by atoms with Crippen LogP contribution in [0.15, 0.2) is 46.4 Å². The van der Waals surface area contributed by atoms with Gasteiger partial charge in [0.2, 0.25) is 0 Å². The van der Waals surface area contributed by atoms with Gasteiger partial charge in [0.15, 0.2) is 5.78 Å². The third kappa shape index (κ3) is 2.99. The molecule has 0 unspecified atom stereocenters. The van der Waals surface area contributed by atoms with E-state index in [0.29, 0.717) is 12.0 Å². The topological polar surface area (TPSA) is 39.2 Å². The van der Waals surface area contributed by atoms with Crippen LogP contribution in [0.2, 0.25) is 0 Å². The summed E-state index contributed by atoms with van der Waals surface area (Å²) in [6, 6.07) is 9.51. The molecule has 0 aliphatic carbocycles. The van der Waals surface area contributed by atoms with Crippen LogP contribution in [0.1, 0.15) is 15.9 Å². The Morgan fingerprint density at radius 3 is 3.00 bits per heavy atom. The number of ketones is 1. The number of ether oxygens (including phenoxy) is 1. The summed E-state index contributed by atoms with van der Waals surface area (Å²) in [6.07, 6.45) is 1.93. The van der Waals surface area contributed by atoms with Gasteiger partial charge in [-0.1, -0.05) is 15.9 Å². The van der Waals surface area contributed by atoms with Gasteiger partial charge < -0.3 is 4.74 Å².